The third kappa shape index (κ3) is 7.04. The summed E-state index contributed by atoms with van der Waals surface area (Å²) in [5.41, 5.74) is 1.63. The molecule has 0 aliphatic rings. The lowest BCUT2D eigenvalue weighted by Gasteiger charge is -2.27. The Hall–Kier alpha value is -1.13. The van der Waals surface area contributed by atoms with Crippen molar-refractivity contribution in [3.8, 4) is 0 Å². The standard InChI is InChI=1S/C18H15Cl3IN3O2S/c1-10(26)11-5-7-14(8-6-11)23-17(28)25-16(18(19,20)21)24-15(27)12-3-2-4-13(22)9-12/h2-9,16H,1H3,(H,24,27)(H2,23,25,28)/t16-/m0/s1. The van der Waals surface area contributed by atoms with Crippen LogP contribution in [0.15, 0.2) is 48.5 Å². The number of alkyl halides is 3. The van der Waals surface area contributed by atoms with Crippen LogP contribution in [0.1, 0.15) is 27.6 Å². The number of ketones is 1. The summed E-state index contributed by atoms with van der Waals surface area (Å²) in [6.45, 7) is 1.48. The number of anilines is 1. The van der Waals surface area contributed by atoms with Crippen molar-refractivity contribution < 1.29 is 9.59 Å². The van der Waals surface area contributed by atoms with Gasteiger partial charge in [0.15, 0.2) is 10.9 Å². The van der Waals surface area contributed by atoms with Gasteiger partial charge in [-0.3, -0.25) is 9.59 Å². The molecule has 0 heterocycles. The topological polar surface area (TPSA) is 70.2 Å². The third-order valence-electron chi connectivity index (χ3n) is 3.51. The van der Waals surface area contributed by atoms with E-state index in [4.69, 9.17) is 47.0 Å². The largest absolute Gasteiger partial charge is 0.339 e. The first-order valence-corrected chi connectivity index (χ1v) is 10.5. The highest BCUT2D eigenvalue weighted by Gasteiger charge is 2.34. The molecule has 0 unspecified atom stereocenters. The van der Waals surface area contributed by atoms with Crippen molar-refractivity contribution in [2.45, 2.75) is 16.9 Å². The number of hydrogen-bond donors (Lipinski definition) is 3. The Morgan fingerprint density at radius 2 is 1.68 bits per heavy atom. The predicted octanol–water partition coefficient (Wildman–Crippen LogP) is 4.91. The molecular weight excluding hydrogens is 556 g/mol. The van der Waals surface area contributed by atoms with Crippen molar-refractivity contribution in [2.24, 2.45) is 0 Å². The lowest BCUT2D eigenvalue weighted by molar-refractivity contribution is 0.0933. The van der Waals surface area contributed by atoms with Gasteiger partial charge in [-0.2, -0.15) is 0 Å². The van der Waals surface area contributed by atoms with Gasteiger partial charge in [-0.05, 0) is 84.2 Å². The highest BCUT2D eigenvalue weighted by Crippen LogP contribution is 2.29. The van der Waals surface area contributed by atoms with Crippen molar-refractivity contribution in [3.05, 3.63) is 63.2 Å². The van der Waals surface area contributed by atoms with Crippen LogP contribution in [-0.4, -0.2) is 26.8 Å². The zero-order valence-corrected chi connectivity index (χ0v) is 19.7. The molecule has 28 heavy (non-hydrogen) atoms. The minimum Gasteiger partial charge on any atom is -0.339 e. The number of rotatable bonds is 5. The average Bonchev–Trinajstić information content (AvgIpc) is 2.60. The van der Waals surface area contributed by atoms with E-state index in [1.54, 1.807) is 42.5 Å². The summed E-state index contributed by atoms with van der Waals surface area (Å²) >= 11 is 25.3. The molecule has 1 atom stereocenters. The van der Waals surface area contributed by atoms with E-state index in [1.165, 1.54) is 6.92 Å². The van der Waals surface area contributed by atoms with E-state index in [0.29, 0.717) is 16.8 Å². The highest BCUT2D eigenvalue weighted by molar-refractivity contribution is 14.1. The van der Waals surface area contributed by atoms with Crippen LogP contribution >= 0.6 is 69.6 Å². The summed E-state index contributed by atoms with van der Waals surface area (Å²) in [4.78, 5) is 23.8. The van der Waals surface area contributed by atoms with E-state index >= 15 is 0 Å². The first-order valence-electron chi connectivity index (χ1n) is 7.88. The molecule has 0 bridgehead atoms. The molecular formula is C18H15Cl3IN3O2S. The number of thiocarbonyl (C=S) groups is 1. The van der Waals surface area contributed by atoms with Gasteiger partial charge in [0, 0.05) is 20.4 Å². The maximum atomic E-state index is 12.5. The molecule has 0 aliphatic heterocycles. The molecule has 2 aromatic rings. The molecule has 10 heteroatoms. The summed E-state index contributed by atoms with van der Waals surface area (Å²) < 4.78 is -0.961. The van der Waals surface area contributed by atoms with Gasteiger partial charge in [0.2, 0.25) is 3.79 Å². The van der Waals surface area contributed by atoms with E-state index in [-0.39, 0.29) is 10.9 Å². The Morgan fingerprint density at radius 3 is 2.21 bits per heavy atom. The second-order valence-corrected chi connectivity index (χ2v) is 9.71. The molecule has 0 aliphatic carbocycles. The normalized spacial score (nSPS) is 12.0. The quantitative estimate of drug-likeness (QED) is 0.157. The summed E-state index contributed by atoms with van der Waals surface area (Å²) in [6.07, 6.45) is -1.08. The first kappa shape index (κ1) is 23.2. The Morgan fingerprint density at radius 1 is 1.04 bits per heavy atom. The number of carbonyl (C=O) groups is 2. The second-order valence-electron chi connectivity index (χ2n) is 5.69. The van der Waals surface area contributed by atoms with E-state index in [9.17, 15) is 9.59 Å². The van der Waals surface area contributed by atoms with E-state index in [1.807, 2.05) is 6.07 Å². The summed E-state index contributed by atoms with van der Waals surface area (Å²) in [5.74, 6) is -0.460. The van der Waals surface area contributed by atoms with Crippen LogP contribution in [0.3, 0.4) is 0 Å². The number of carbonyl (C=O) groups excluding carboxylic acids is 2. The Labute approximate surface area is 196 Å². The lowest BCUT2D eigenvalue weighted by atomic mass is 10.1. The monoisotopic (exact) mass is 569 g/mol. The van der Waals surface area contributed by atoms with Gasteiger partial charge in [-0.1, -0.05) is 40.9 Å². The van der Waals surface area contributed by atoms with Gasteiger partial charge in [0.1, 0.15) is 6.17 Å². The maximum Gasteiger partial charge on any atom is 0.253 e. The van der Waals surface area contributed by atoms with Crippen molar-refractivity contribution in [3.63, 3.8) is 0 Å². The number of hydrogen-bond acceptors (Lipinski definition) is 3. The molecule has 3 N–H and O–H groups in total. The Bertz CT molecular complexity index is 888. The van der Waals surface area contributed by atoms with Crippen LogP contribution in [-0.2, 0) is 0 Å². The van der Waals surface area contributed by atoms with E-state index in [0.717, 1.165) is 3.57 Å². The Balaban J connectivity index is 2.06. The molecule has 5 nitrogen and oxygen atoms in total. The average molecular weight is 571 g/mol. The van der Waals surface area contributed by atoms with E-state index in [2.05, 4.69) is 38.5 Å². The van der Waals surface area contributed by atoms with Gasteiger partial charge >= 0.3 is 0 Å². The fraction of sp³-hybridized carbons (Fsp3) is 0.167. The van der Waals surface area contributed by atoms with Gasteiger partial charge in [0.25, 0.3) is 5.91 Å². The minimum atomic E-state index is -1.86. The number of Topliss-reactive ketones (excluding diaryl/α,β-unsaturated/α-hetero) is 1. The number of benzene rings is 2. The second kappa shape index (κ2) is 10.1. The number of nitrogens with one attached hydrogen (secondary N) is 3. The molecule has 0 saturated carbocycles. The smallest absolute Gasteiger partial charge is 0.253 e. The van der Waals surface area contributed by atoms with Crippen molar-refractivity contribution in [2.75, 3.05) is 5.32 Å². The van der Waals surface area contributed by atoms with Crippen LogP contribution in [0.2, 0.25) is 0 Å². The zero-order valence-electron chi connectivity index (χ0n) is 14.4. The predicted molar refractivity (Wildman–Crippen MR) is 127 cm³/mol. The van der Waals surface area contributed by atoms with Crippen LogP contribution < -0.4 is 16.0 Å². The molecule has 0 fully saturated rings. The SMILES string of the molecule is CC(=O)c1ccc(NC(=S)N[C@H](NC(=O)c2cccc(I)c2)C(Cl)(Cl)Cl)cc1. The van der Waals surface area contributed by atoms with Crippen LogP contribution in [0.25, 0.3) is 0 Å². The molecule has 0 saturated heterocycles. The van der Waals surface area contributed by atoms with Crippen LogP contribution in [0, 0.1) is 3.57 Å². The van der Waals surface area contributed by atoms with Crippen LogP contribution in [0.5, 0.6) is 0 Å². The first-order chi connectivity index (χ1) is 13.1. The third-order valence-corrected chi connectivity index (χ3v) is 5.06. The van der Waals surface area contributed by atoms with Crippen molar-refractivity contribution in [1.29, 1.82) is 0 Å². The van der Waals surface area contributed by atoms with E-state index < -0.39 is 15.9 Å². The molecule has 0 radical (unpaired) electrons. The molecule has 0 spiro atoms. The summed E-state index contributed by atoms with van der Waals surface area (Å²) in [6, 6.07) is 13.7. The Kier molecular flexibility index (Phi) is 8.32. The minimum absolute atomic E-state index is 0.0400. The van der Waals surface area contributed by atoms with Gasteiger partial charge in [-0.25, -0.2) is 0 Å². The van der Waals surface area contributed by atoms with Gasteiger partial charge < -0.3 is 16.0 Å². The summed E-state index contributed by atoms with van der Waals surface area (Å²) in [5, 5.41) is 8.45. The number of halogens is 4. The zero-order chi connectivity index (χ0) is 20.9. The van der Waals surface area contributed by atoms with Crippen molar-refractivity contribution in [1.82, 2.24) is 10.6 Å². The highest BCUT2D eigenvalue weighted by atomic mass is 127. The number of amides is 1. The summed E-state index contributed by atoms with van der Waals surface area (Å²) in [7, 11) is 0. The van der Waals surface area contributed by atoms with Crippen LogP contribution in [0.4, 0.5) is 5.69 Å². The maximum absolute atomic E-state index is 12.5. The molecule has 2 aromatic carbocycles. The van der Waals surface area contributed by atoms with Crippen molar-refractivity contribution >= 4 is 92.1 Å². The molecule has 1 amide bonds. The fourth-order valence-corrected chi connectivity index (χ4v) is 3.24. The fourth-order valence-electron chi connectivity index (χ4n) is 2.13. The lowest BCUT2D eigenvalue weighted by Crippen LogP contribution is -2.56. The molecule has 0 aromatic heterocycles. The van der Waals surface area contributed by atoms with Gasteiger partial charge in [-0.15, -0.1) is 0 Å². The molecule has 2 rings (SSSR count). The van der Waals surface area contributed by atoms with Gasteiger partial charge in [0.05, 0.1) is 0 Å². The molecule has 148 valence electrons.